The number of urea groups is 1. The first-order valence-corrected chi connectivity index (χ1v) is 7.03. The zero-order valence-electron chi connectivity index (χ0n) is 11.5. The summed E-state index contributed by atoms with van der Waals surface area (Å²) in [7, 11) is 1.50. The van der Waals surface area contributed by atoms with Crippen molar-refractivity contribution >= 4 is 34.9 Å². The summed E-state index contributed by atoms with van der Waals surface area (Å²) in [6, 6.07) is 7.42. The number of nitrogens with one attached hydrogen (secondary N) is 1. The molecule has 116 valence electrons. The van der Waals surface area contributed by atoms with E-state index in [0.29, 0.717) is 15.7 Å². The number of rotatable bonds is 3. The van der Waals surface area contributed by atoms with Gasteiger partial charge in [-0.1, -0.05) is 29.3 Å². The molecule has 7 heteroatoms. The summed E-state index contributed by atoms with van der Waals surface area (Å²) in [6.45, 7) is -0.000726. The summed E-state index contributed by atoms with van der Waals surface area (Å²) >= 11 is 11.7. The van der Waals surface area contributed by atoms with Crippen LogP contribution in [0.25, 0.3) is 0 Å². The Morgan fingerprint density at radius 3 is 2.50 bits per heavy atom. The van der Waals surface area contributed by atoms with Crippen LogP contribution in [0, 0.1) is 11.6 Å². The number of hydrogen-bond acceptors (Lipinski definition) is 1. The van der Waals surface area contributed by atoms with E-state index in [2.05, 4.69) is 5.32 Å². The lowest BCUT2D eigenvalue weighted by Crippen LogP contribution is -2.31. The van der Waals surface area contributed by atoms with Crippen LogP contribution in [0.1, 0.15) is 5.56 Å². The highest BCUT2D eigenvalue weighted by Crippen LogP contribution is 2.25. The summed E-state index contributed by atoms with van der Waals surface area (Å²) in [5.41, 5.74) is 0.680. The topological polar surface area (TPSA) is 32.3 Å². The van der Waals surface area contributed by atoms with Gasteiger partial charge in [-0.25, -0.2) is 13.6 Å². The molecule has 0 unspecified atom stereocenters. The Labute approximate surface area is 136 Å². The molecule has 0 aliphatic rings. The van der Waals surface area contributed by atoms with Gasteiger partial charge in [0, 0.05) is 30.9 Å². The number of hydrogen-bond donors (Lipinski definition) is 1. The molecule has 0 fully saturated rings. The van der Waals surface area contributed by atoms with Crippen molar-refractivity contribution in [2.75, 3.05) is 12.4 Å². The van der Waals surface area contributed by atoms with Gasteiger partial charge in [-0.05, 0) is 24.3 Å². The van der Waals surface area contributed by atoms with Crippen LogP contribution in [0.2, 0.25) is 10.0 Å². The van der Waals surface area contributed by atoms with Gasteiger partial charge >= 0.3 is 6.03 Å². The van der Waals surface area contributed by atoms with Crippen LogP contribution >= 0.6 is 23.2 Å². The van der Waals surface area contributed by atoms with Gasteiger partial charge in [0.05, 0.1) is 10.0 Å². The van der Waals surface area contributed by atoms with Gasteiger partial charge in [-0.2, -0.15) is 0 Å². The van der Waals surface area contributed by atoms with Gasteiger partial charge in [0.15, 0.2) is 0 Å². The van der Waals surface area contributed by atoms with Crippen LogP contribution in [0.15, 0.2) is 36.4 Å². The van der Waals surface area contributed by atoms with E-state index in [-0.39, 0.29) is 12.1 Å². The number of nitrogens with zero attached hydrogens (tertiary/aromatic N) is 1. The lowest BCUT2D eigenvalue weighted by Gasteiger charge is -2.18. The highest BCUT2D eigenvalue weighted by Gasteiger charge is 2.13. The fraction of sp³-hybridized carbons (Fsp3) is 0.133. The second-order valence-electron chi connectivity index (χ2n) is 4.65. The third-order valence-corrected chi connectivity index (χ3v) is 3.68. The first-order valence-electron chi connectivity index (χ1n) is 6.28. The first kappa shape index (κ1) is 16.5. The zero-order chi connectivity index (χ0) is 16.3. The molecule has 3 nitrogen and oxygen atoms in total. The highest BCUT2D eigenvalue weighted by molar-refractivity contribution is 6.42. The largest absolute Gasteiger partial charge is 0.323 e. The Morgan fingerprint density at radius 2 is 1.86 bits per heavy atom. The number of carbonyl (C=O) groups excluding carboxylic acids is 1. The summed E-state index contributed by atoms with van der Waals surface area (Å²) in [5, 5.41) is 3.30. The van der Waals surface area contributed by atoms with Crippen LogP contribution in [-0.4, -0.2) is 18.0 Å². The smallest absolute Gasteiger partial charge is 0.321 e. The molecule has 2 aromatic rings. The molecule has 0 saturated heterocycles. The van der Waals surface area contributed by atoms with Gasteiger partial charge < -0.3 is 10.2 Å². The van der Waals surface area contributed by atoms with Crippen LogP contribution in [0.3, 0.4) is 0 Å². The van der Waals surface area contributed by atoms with E-state index in [1.807, 2.05) is 0 Å². The lowest BCUT2D eigenvalue weighted by atomic mass is 10.2. The molecule has 2 rings (SSSR count). The van der Waals surface area contributed by atoms with E-state index in [1.54, 1.807) is 12.1 Å². The van der Waals surface area contributed by atoms with Gasteiger partial charge in [0.2, 0.25) is 0 Å². The molecule has 0 aromatic heterocycles. The van der Waals surface area contributed by atoms with E-state index in [4.69, 9.17) is 23.2 Å². The molecule has 22 heavy (non-hydrogen) atoms. The third kappa shape index (κ3) is 4.08. The second-order valence-corrected chi connectivity index (χ2v) is 5.47. The van der Waals surface area contributed by atoms with Gasteiger partial charge in [0.1, 0.15) is 11.6 Å². The maximum atomic E-state index is 13.6. The standard InChI is InChI=1S/C15H12Cl2F2N2O/c1-21(8-9-2-3-10(18)6-14(9)19)15(22)20-11-4-5-12(16)13(17)7-11/h2-7H,8H2,1H3,(H,20,22). The van der Waals surface area contributed by atoms with E-state index >= 15 is 0 Å². The number of amides is 2. The summed E-state index contributed by atoms with van der Waals surface area (Å²) < 4.78 is 26.4. The average molecular weight is 345 g/mol. The highest BCUT2D eigenvalue weighted by atomic mass is 35.5. The SMILES string of the molecule is CN(Cc1ccc(F)cc1F)C(=O)Nc1ccc(Cl)c(Cl)c1. The minimum absolute atomic E-state index is 0.000726. The monoisotopic (exact) mass is 344 g/mol. The Balaban J connectivity index is 2.04. The number of carbonyl (C=O) groups is 1. The normalized spacial score (nSPS) is 10.4. The van der Waals surface area contributed by atoms with Crippen LogP contribution in [0.5, 0.6) is 0 Å². The van der Waals surface area contributed by atoms with Crippen molar-refractivity contribution in [2.45, 2.75) is 6.54 Å². The molecule has 0 aliphatic carbocycles. The van der Waals surface area contributed by atoms with Crippen molar-refractivity contribution in [3.8, 4) is 0 Å². The summed E-state index contributed by atoms with van der Waals surface area (Å²) in [4.78, 5) is 13.3. The second kappa shape index (κ2) is 6.94. The molecule has 0 atom stereocenters. The number of benzene rings is 2. The quantitative estimate of drug-likeness (QED) is 0.840. The molecule has 0 spiro atoms. The molecule has 0 saturated carbocycles. The van der Waals surface area contributed by atoms with E-state index < -0.39 is 17.7 Å². The van der Waals surface area contributed by atoms with Crippen LogP contribution in [-0.2, 0) is 6.54 Å². The van der Waals surface area contributed by atoms with Crippen LogP contribution < -0.4 is 5.32 Å². The Hall–Kier alpha value is -1.85. The van der Waals surface area contributed by atoms with Crippen molar-refractivity contribution in [3.63, 3.8) is 0 Å². The van der Waals surface area contributed by atoms with E-state index in [9.17, 15) is 13.6 Å². The molecule has 2 aromatic carbocycles. The molecule has 0 radical (unpaired) electrons. The Morgan fingerprint density at radius 1 is 1.14 bits per heavy atom. The minimum atomic E-state index is -0.700. The fourth-order valence-electron chi connectivity index (χ4n) is 1.77. The molecule has 1 N–H and O–H groups in total. The predicted molar refractivity (Wildman–Crippen MR) is 83.3 cm³/mol. The zero-order valence-corrected chi connectivity index (χ0v) is 13.1. The third-order valence-electron chi connectivity index (χ3n) is 2.94. The van der Waals surface area contributed by atoms with Gasteiger partial charge in [-0.15, -0.1) is 0 Å². The van der Waals surface area contributed by atoms with E-state index in [0.717, 1.165) is 12.1 Å². The van der Waals surface area contributed by atoms with Gasteiger partial charge in [0.25, 0.3) is 0 Å². The lowest BCUT2D eigenvalue weighted by molar-refractivity contribution is 0.220. The fourth-order valence-corrected chi connectivity index (χ4v) is 2.07. The Bertz CT molecular complexity index is 710. The summed E-state index contributed by atoms with van der Waals surface area (Å²) in [5.74, 6) is -1.36. The molecule has 2 amide bonds. The average Bonchev–Trinajstić information content (AvgIpc) is 2.45. The molecular formula is C15H12Cl2F2N2O. The molecule has 0 bridgehead atoms. The summed E-state index contributed by atoms with van der Waals surface area (Å²) in [6.07, 6.45) is 0. The van der Waals surface area contributed by atoms with Crippen molar-refractivity contribution in [1.82, 2.24) is 4.90 Å². The first-order chi connectivity index (χ1) is 10.4. The number of anilines is 1. The maximum absolute atomic E-state index is 13.6. The predicted octanol–water partition coefficient (Wildman–Crippen LogP) is 4.94. The van der Waals surface area contributed by atoms with Crippen molar-refractivity contribution in [1.29, 1.82) is 0 Å². The number of halogens is 4. The maximum Gasteiger partial charge on any atom is 0.321 e. The minimum Gasteiger partial charge on any atom is -0.323 e. The van der Waals surface area contributed by atoms with Crippen molar-refractivity contribution in [2.24, 2.45) is 0 Å². The molecule has 0 aliphatic heterocycles. The molecule has 0 heterocycles. The van der Waals surface area contributed by atoms with Crippen molar-refractivity contribution in [3.05, 3.63) is 63.6 Å². The van der Waals surface area contributed by atoms with Crippen LogP contribution in [0.4, 0.5) is 19.3 Å². The molecular weight excluding hydrogens is 333 g/mol. The van der Waals surface area contributed by atoms with Gasteiger partial charge in [-0.3, -0.25) is 0 Å². The Kier molecular flexibility index (Phi) is 5.21. The van der Waals surface area contributed by atoms with Crippen molar-refractivity contribution < 1.29 is 13.6 Å². The van der Waals surface area contributed by atoms with E-state index in [1.165, 1.54) is 24.1 Å².